The molecule has 0 saturated carbocycles. The van der Waals surface area contributed by atoms with E-state index in [4.69, 9.17) is 22.2 Å². The van der Waals surface area contributed by atoms with E-state index in [0.29, 0.717) is 11.1 Å². The van der Waals surface area contributed by atoms with Gasteiger partial charge in [-0.2, -0.15) is 5.10 Å². The first-order valence-corrected chi connectivity index (χ1v) is 6.68. The summed E-state index contributed by atoms with van der Waals surface area (Å²) in [5.41, 5.74) is 4.95. The van der Waals surface area contributed by atoms with Crippen molar-refractivity contribution in [2.24, 2.45) is 18.8 Å². The SMILES string of the molecule is Cc1nn(C)c(Cl)c1CC(NN)C1CCOC1C. The van der Waals surface area contributed by atoms with Crippen molar-refractivity contribution < 1.29 is 4.74 Å². The maximum absolute atomic E-state index is 6.26. The lowest BCUT2D eigenvalue weighted by molar-refractivity contribution is 0.0954. The highest BCUT2D eigenvalue weighted by molar-refractivity contribution is 6.30. The number of rotatable bonds is 4. The van der Waals surface area contributed by atoms with Gasteiger partial charge in [-0.05, 0) is 26.7 Å². The molecule has 1 aliphatic rings. The predicted octanol–water partition coefficient (Wildman–Crippen LogP) is 1.18. The van der Waals surface area contributed by atoms with E-state index in [9.17, 15) is 0 Å². The van der Waals surface area contributed by atoms with Crippen LogP contribution in [0.1, 0.15) is 24.6 Å². The molecule has 6 heteroatoms. The van der Waals surface area contributed by atoms with Gasteiger partial charge < -0.3 is 4.74 Å². The Balaban J connectivity index is 2.15. The van der Waals surface area contributed by atoms with E-state index >= 15 is 0 Å². The highest BCUT2D eigenvalue weighted by atomic mass is 35.5. The van der Waals surface area contributed by atoms with Crippen LogP contribution in [0.5, 0.6) is 0 Å². The molecule has 0 aliphatic carbocycles. The highest BCUT2D eigenvalue weighted by Gasteiger charge is 2.32. The Hall–Kier alpha value is -0.620. The third-order valence-electron chi connectivity index (χ3n) is 3.86. The number of ether oxygens (including phenoxy) is 1. The lowest BCUT2D eigenvalue weighted by Gasteiger charge is -2.25. The van der Waals surface area contributed by atoms with Crippen LogP contribution in [0.4, 0.5) is 0 Å². The van der Waals surface area contributed by atoms with Gasteiger partial charge in [0, 0.05) is 31.2 Å². The molecule has 1 fully saturated rings. The number of hydrogen-bond acceptors (Lipinski definition) is 4. The molecule has 1 aliphatic heterocycles. The molecule has 5 nitrogen and oxygen atoms in total. The number of nitrogens with one attached hydrogen (secondary N) is 1. The summed E-state index contributed by atoms with van der Waals surface area (Å²) < 4.78 is 7.30. The van der Waals surface area contributed by atoms with E-state index in [1.165, 1.54) is 0 Å². The topological polar surface area (TPSA) is 65.1 Å². The molecule has 0 aromatic carbocycles. The van der Waals surface area contributed by atoms with Gasteiger partial charge in [0.05, 0.1) is 11.8 Å². The lowest BCUT2D eigenvalue weighted by Crippen LogP contribution is -2.44. The summed E-state index contributed by atoms with van der Waals surface area (Å²) in [6, 6.07) is 0.169. The highest BCUT2D eigenvalue weighted by Crippen LogP contribution is 2.28. The fourth-order valence-electron chi connectivity index (χ4n) is 2.74. The van der Waals surface area contributed by atoms with Crippen molar-refractivity contribution in [2.75, 3.05) is 6.61 Å². The average molecular weight is 273 g/mol. The zero-order chi connectivity index (χ0) is 13.3. The van der Waals surface area contributed by atoms with Crippen molar-refractivity contribution >= 4 is 11.6 Å². The summed E-state index contributed by atoms with van der Waals surface area (Å²) in [6.07, 6.45) is 2.06. The second-order valence-corrected chi connectivity index (χ2v) is 5.34. The van der Waals surface area contributed by atoms with Gasteiger partial charge in [-0.15, -0.1) is 0 Å². The second-order valence-electron chi connectivity index (χ2n) is 4.98. The maximum atomic E-state index is 6.26. The first-order valence-electron chi connectivity index (χ1n) is 6.30. The Labute approximate surface area is 113 Å². The summed E-state index contributed by atoms with van der Waals surface area (Å²) in [5.74, 6) is 6.12. The number of nitrogens with zero attached hydrogens (tertiary/aromatic N) is 2. The molecule has 0 bridgehead atoms. The van der Waals surface area contributed by atoms with Crippen LogP contribution >= 0.6 is 11.6 Å². The number of nitrogens with two attached hydrogens (primary N) is 1. The quantitative estimate of drug-likeness (QED) is 0.638. The summed E-state index contributed by atoms with van der Waals surface area (Å²) in [5, 5.41) is 5.02. The molecule has 3 N–H and O–H groups in total. The summed E-state index contributed by atoms with van der Waals surface area (Å²) >= 11 is 6.26. The number of halogens is 1. The van der Waals surface area contributed by atoms with Gasteiger partial charge in [0.15, 0.2) is 0 Å². The molecular weight excluding hydrogens is 252 g/mol. The van der Waals surface area contributed by atoms with Crippen LogP contribution < -0.4 is 11.3 Å². The minimum absolute atomic E-state index is 0.169. The van der Waals surface area contributed by atoms with Crippen molar-refractivity contribution in [3.05, 3.63) is 16.4 Å². The second kappa shape index (κ2) is 5.57. The Bertz CT molecular complexity index is 420. The van der Waals surface area contributed by atoms with Crippen LogP contribution in [0.15, 0.2) is 0 Å². The minimum Gasteiger partial charge on any atom is -0.378 e. The Kier molecular flexibility index (Phi) is 4.27. The van der Waals surface area contributed by atoms with Crippen molar-refractivity contribution in [3.8, 4) is 0 Å². The molecule has 0 amide bonds. The van der Waals surface area contributed by atoms with Crippen LogP contribution in [0.25, 0.3) is 0 Å². The largest absolute Gasteiger partial charge is 0.378 e. The van der Waals surface area contributed by atoms with E-state index in [2.05, 4.69) is 17.4 Å². The smallest absolute Gasteiger partial charge is 0.130 e. The van der Waals surface area contributed by atoms with E-state index in [-0.39, 0.29) is 12.1 Å². The van der Waals surface area contributed by atoms with Gasteiger partial charge in [0.25, 0.3) is 0 Å². The molecule has 2 rings (SSSR count). The van der Waals surface area contributed by atoms with E-state index in [1.807, 2.05) is 14.0 Å². The molecule has 0 radical (unpaired) electrons. The molecule has 2 heterocycles. The number of hydrazine groups is 1. The van der Waals surface area contributed by atoms with E-state index in [1.54, 1.807) is 4.68 Å². The number of aryl methyl sites for hydroxylation is 2. The third-order valence-corrected chi connectivity index (χ3v) is 4.33. The summed E-state index contributed by atoms with van der Waals surface area (Å²) in [6.45, 7) is 4.88. The summed E-state index contributed by atoms with van der Waals surface area (Å²) in [4.78, 5) is 0. The van der Waals surface area contributed by atoms with E-state index in [0.717, 1.165) is 30.7 Å². The molecule has 1 aromatic rings. The zero-order valence-corrected chi connectivity index (χ0v) is 11.9. The average Bonchev–Trinajstić information content (AvgIpc) is 2.84. The molecular formula is C12H21ClN4O. The van der Waals surface area contributed by atoms with Crippen LogP contribution in [0.3, 0.4) is 0 Å². The third kappa shape index (κ3) is 2.54. The number of aromatic nitrogens is 2. The molecule has 3 unspecified atom stereocenters. The van der Waals surface area contributed by atoms with Crippen molar-refractivity contribution in [2.45, 2.75) is 38.8 Å². The van der Waals surface area contributed by atoms with Gasteiger partial charge in [-0.3, -0.25) is 16.0 Å². The van der Waals surface area contributed by atoms with E-state index < -0.39 is 0 Å². The Morgan fingerprint density at radius 3 is 2.83 bits per heavy atom. The molecule has 102 valence electrons. The van der Waals surface area contributed by atoms with Gasteiger partial charge >= 0.3 is 0 Å². The first-order chi connectivity index (χ1) is 8.54. The van der Waals surface area contributed by atoms with Crippen LogP contribution in [0, 0.1) is 12.8 Å². The molecule has 1 aromatic heterocycles. The minimum atomic E-state index is 0.169. The van der Waals surface area contributed by atoms with Crippen molar-refractivity contribution in [1.29, 1.82) is 0 Å². The van der Waals surface area contributed by atoms with Crippen molar-refractivity contribution in [1.82, 2.24) is 15.2 Å². The fraction of sp³-hybridized carbons (Fsp3) is 0.750. The molecule has 0 spiro atoms. The van der Waals surface area contributed by atoms with Crippen LogP contribution in [0.2, 0.25) is 5.15 Å². The maximum Gasteiger partial charge on any atom is 0.130 e. The molecule has 18 heavy (non-hydrogen) atoms. The van der Waals surface area contributed by atoms with Crippen LogP contribution in [-0.2, 0) is 18.2 Å². The summed E-state index contributed by atoms with van der Waals surface area (Å²) in [7, 11) is 1.85. The Morgan fingerprint density at radius 1 is 1.67 bits per heavy atom. The van der Waals surface area contributed by atoms with Gasteiger partial charge in [-0.25, -0.2) is 0 Å². The van der Waals surface area contributed by atoms with Gasteiger partial charge in [0.2, 0.25) is 0 Å². The molecule has 3 atom stereocenters. The Morgan fingerprint density at radius 2 is 2.39 bits per heavy atom. The first kappa shape index (κ1) is 13.8. The lowest BCUT2D eigenvalue weighted by atomic mass is 9.89. The normalized spacial score (nSPS) is 25.6. The number of hydrogen-bond donors (Lipinski definition) is 2. The standard InChI is InChI=1S/C12H21ClN4O/c1-7-10(12(13)17(3)16-7)6-11(15-14)9-4-5-18-8(9)2/h8-9,11,15H,4-6,14H2,1-3H3. The van der Waals surface area contributed by atoms with Crippen molar-refractivity contribution in [3.63, 3.8) is 0 Å². The zero-order valence-electron chi connectivity index (χ0n) is 11.1. The monoisotopic (exact) mass is 272 g/mol. The van der Waals surface area contributed by atoms with Gasteiger partial charge in [0.1, 0.15) is 5.15 Å². The van der Waals surface area contributed by atoms with Crippen LogP contribution in [-0.4, -0.2) is 28.5 Å². The predicted molar refractivity (Wildman–Crippen MR) is 71.3 cm³/mol. The molecule has 1 saturated heterocycles. The fourth-order valence-corrected chi connectivity index (χ4v) is 2.99. The van der Waals surface area contributed by atoms with Gasteiger partial charge in [-0.1, -0.05) is 11.6 Å².